The third-order valence-corrected chi connectivity index (χ3v) is 7.76. The van der Waals surface area contributed by atoms with Crippen molar-refractivity contribution in [2.75, 3.05) is 10.6 Å². The molecule has 0 fully saturated rings. The van der Waals surface area contributed by atoms with Gasteiger partial charge in [0.15, 0.2) is 0 Å². The van der Waals surface area contributed by atoms with Crippen molar-refractivity contribution in [1.29, 1.82) is 0 Å². The van der Waals surface area contributed by atoms with Gasteiger partial charge in [-0.25, -0.2) is 8.42 Å². The second kappa shape index (κ2) is 9.37. The summed E-state index contributed by atoms with van der Waals surface area (Å²) >= 11 is 1.40. The van der Waals surface area contributed by atoms with E-state index >= 15 is 0 Å². The highest BCUT2D eigenvalue weighted by atomic mass is 32.2. The molecule has 33 heavy (non-hydrogen) atoms. The van der Waals surface area contributed by atoms with E-state index in [0.29, 0.717) is 10.6 Å². The average molecular weight is 479 g/mol. The van der Waals surface area contributed by atoms with Crippen LogP contribution in [0, 0.1) is 6.92 Å². The van der Waals surface area contributed by atoms with Crippen LogP contribution in [0.15, 0.2) is 78.9 Å². The van der Waals surface area contributed by atoms with Crippen molar-refractivity contribution < 1.29 is 13.2 Å². The molecule has 0 bridgehead atoms. The number of rotatable bonds is 7. The number of anilines is 1. The Bertz CT molecular complexity index is 1380. The van der Waals surface area contributed by atoms with E-state index < -0.39 is 10.0 Å². The molecule has 1 heterocycles. The Morgan fingerprint density at radius 1 is 1.00 bits per heavy atom. The maximum Gasteiger partial charge on any atom is 0.261 e. The van der Waals surface area contributed by atoms with Gasteiger partial charge in [0, 0.05) is 4.70 Å². The predicted molar refractivity (Wildman–Crippen MR) is 136 cm³/mol. The molecule has 0 aliphatic heterocycles. The van der Waals surface area contributed by atoms with Crippen LogP contribution in [0.4, 0.5) is 5.69 Å². The monoisotopic (exact) mass is 478 g/mol. The Kier molecular flexibility index (Phi) is 6.54. The van der Waals surface area contributed by atoms with Crippen LogP contribution in [0.2, 0.25) is 0 Å². The van der Waals surface area contributed by atoms with Gasteiger partial charge in [-0.2, -0.15) is 0 Å². The molecule has 0 saturated carbocycles. The largest absolute Gasteiger partial charge is 0.345 e. The summed E-state index contributed by atoms with van der Waals surface area (Å²) in [5, 5.41) is 3.88. The number of nitrogens with zero attached hydrogens (tertiary/aromatic N) is 1. The van der Waals surface area contributed by atoms with Crippen molar-refractivity contribution in [2.24, 2.45) is 0 Å². The quantitative estimate of drug-likeness (QED) is 0.372. The number of aryl methyl sites for hydroxylation is 1. The highest BCUT2D eigenvalue weighted by molar-refractivity contribution is 7.92. The number of fused-ring (bicyclic) bond motifs is 1. The van der Waals surface area contributed by atoms with Crippen LogP contribution in [-0.4, -0.2) is 20.6 Å². The van der Waals surface area contributed by atoms with E-state index in [1.807, 2.05) is 86.6 Å². The zero-order valence-electron chi connectivity index (χ0n) is 18.8. The third kappa shape index (κ3) is 5.43. The smallest absolute Gasteiger partial charge is 0.261 e. The Morgan fingerprint density at radius 3 is 2.36 bits per heavy atom. The number of carbonyl (C=O) groups is 1. The fraction of sp³-hybridized carbons (Fsp3) is 0.192. The lowest BCUT2D eigenvalue weighted by Crippen LogP contribution is -2.29. The summed E-state index contributed by atoms with van der Waals surface area (Å²) in [5.74, 6) is -0.145. The lowest BCUT2D eigenvalue weighted by Gasteiger charge is -2.22. The van der Waals surface area contributed by atoms with Gasteiger partial charge in [-0.3, -0.25) is 9.10 Å². The van der Waals surface area contributed by atoms with Crippen molar-refractivity contribution in [1.82, 2.24) is 5.32 Å². The molecule has 0 aliphatic carbocycles. The van der Waals surface area contributed by atoms with Gasteiger partial charge in [-0.1, -0.05) is 60.2 Å². The van der Waals surface area contributed by atoms with Crippen molar-refractivity contribution in [3.63, 3.8) is 0 Å². The number of sulfonamides is 1. The average Bonchev–Trinajstić information content (AvgIpc) is 3.22. The molecule has 4 aromatic rings. The normalized spacial score (nSPS) is 12.5. The standard InChI is InChI=1S/C26H26N2O3S2/c1-18-9-11-20(12-10-18)17-28(33(3,30)31)23-13-14-24-22(15-23)16-25(32-24)26(29)27-19(2)21-7-5-4-6-8-21/h4-16,19H,17H2,1-3H3,(H,27,29)/t19-/m0/s1. The molecule has 0 unspecified atom stereocenters. The molecule has 4 rings (SSSR count). The molecule has 170 valence electrons. The van der Waals surface area contributed by atoms with Crippen LogP contribution < -0.4 is 9.62 Å². The highest BCUT2D eigenvalue weighted by Crippen LogP contribution is 2.31. The molecule has 5 nitrogen and oxygen atoms in total. The predicted octanol–water partition coefficient (Wildman–Crippen LogP) is 5.67. The number of hydrogen-bond donors (Lipinski definition) is 1. The summed E-state index contributed by atoms with van der Waals surface area (Å²) in [5.41, 5.74) is 3.64. The second-order valence-electron chi connectivity index (χ2n) is 8.19. The minimum atomic E-state index is -3.49. The maximum atomic E-state index is 12.8. The van der Waals surface area contributed by atoms with Crippen molar-refractivity contribution in [3.8, 4) is 0 Å². The van der Waals surface area contributed by atoms with Crippen LogP contribution in [0.3, 0.4) is 0 Å². The van der Waals surface area contributed by atoms with E-state index in [2.05, 4.69) is 5.32 Å². The number of amides is 1. The van der Waals surface area contributed by atoms with Crippen LogP contribution in [0.5, 0.6) is 0 Å². The molecule has 1 N–H and O–H groups in total. The molecule has 0 radical (unpaired) electrons. The third-order valence-electron chi connectivity index (χ3n) is 5.51. The number of carbonyl (C=O) groups excluding carboxylic acids is 1. The van der Waals surface area contributed by atoms with E-state index in [4.69, 9.17) is 0 Å². The Labute approximate surface area is 198 Å². The van der Waals surface area contributed by atoms with Gasteiger partial charge >= 0.3 is 0 Å². The molecule has 1 amide bonds. The summed E-state index contributed by atoms with van der Waals surface area (Å²) in [4.78, 5) is 13.4. The van der Waals surface area contributed by atoms with Crippen molar-refractivity contribution >= 4 is 43.0 Å². The van der Waals surface area contributed by atoms with E-state index in [1.54, 1.807) is 6.07 Å². The van der Waals surface area contributed by atoms with Gasteiger partial charge < -0.3 is 5.32 Å². The summed E-state index contributed by atoms with van der Waals surface area (Å²) in [7, 11) is -3.49. The van der Waals surface area contributed by atoms with Gasteiger partial charge in [-0.15, -0.1) is 11.3 Å². The Morgan fingerprint density at radius 2 is 1.70 bits per heavy atom. The number of nitrogens with one attached hydrogen (secondary N) is 1. The maximum absolute atomic E-state index is 12.8. The van der Waals surface area contributed by atoms with Crippen LogP contribution in [0.25, 0.3) is 10.1 Å². The van der Waals surface area contributed by atoms with E-state index in [-0.39, 0.29) is 18.5 Å². The molecule has 7 heteroatoms. The lowest BCUT2D eigenvalue weighted by molar-refractivity contribution is 0.0944. The van der Waals surface area contributed by atoms with Gasteiger partial charge in [0.05, 0.1) is 29.4 Å². The lowest BCUT2D eigenvalue weighted by atomic mass is 10.1. The zero-order valence-corrected chi connectivity index (χ0v) is 20.4. The minimum Gasteiger partial charge on any atom is -0.345 e. The van der Waals surface area contributed by atoms with Gasteiger partial charge in [0.1, 0.15) is 0 Å². The highest BCUT2D eigenvalue weighted by Gasteiger charge is 2.20. The summed E-state index contributed by atoms with van der Waals surface area (Å²) < 4.78 is 27.5. The van der Waals surface area contributed by atoms with Crippen LogP contribution in [0.1, 0.15) is 39.3 Å². The van der Waals surface area contributed by atoms with Gasteiger partial charge in [-0.05, 0) is 54.6 Å². The summed E-state index contributed by atoms with van der Waals surface area (Å²) in [6.45, 7) is 4.20. The molecule has 1 atom stereocenters. The minimum absolute atomic E-state index is 0.116. The van der Waals surface area contributed by atoms with Crippen LogP contribution >= 0.6 is 11.3 Å². The van der Waals surface area contributed by atoms with E-state index in [0.717, 1.165) is 26.8 Å². The molecule has 0 aliphatic rings. The molecule has 0 spiro atoms. The Hall–Kier alpha value is -3.16. The van der Waals surface area contributed by atoms with Crippen LogP contribution in [-0.2, 0) is 16.6 Å². The first-order valence-electron chi connectivity index (χ1n) is 10.6. The molecular formula is C26H26N2O3S2. The SMILES string of the molecule is Cc1ccc(CN(c2ccc3sc(C(=O)N[C@@H](C)c4ccccc4)cc3c2)S(C)(=O)=O)cc1. The first kappa shape index (κ1) is 23.0. The fourth-order valence-electron chi connectivity index (χ4n) is 3.65. The van der Waals surface area contributed by atoms with Gasteiger partial charge in [0.2, 0.25) is 10.0 Å². The van der Waals surface area contributed by atoms with Gasteiger partial charge in [0.25, 0.3) is 5.91 Å². The second-order valence-corrected chi connectivity index (χ2v) is 11.2. The molecular weight excluding hydrogens is 452 g/mol. The number of hydrogen-bond acceptors (Lipinski definition) is 4. The number of benzene rings is 3. The summed E-state index contributed by atoms with van der Waals surface area (Å²) in [6, 6.07) is 24.8. The zero-order chi connectivity index (χ0) is 23.6. The summed E-state index contributed by atoms with van der Waals surface area (Å²) in [6.07, 6.45) is 1.21. The molecule has 1 aromatic heterocycles. The molecule has 3 aromatic carbocycles. The fourth-order valence-corrected chi connectivity index (χ4v) is 5.48. The van der Waals surface area contributed by atoms with E-state index in [9.17, 15) is 13.2 Å². The van der Waals surface area contributed by atoms with Crippen molar-refractivity contribution in [2.45, 2.75) is 26.4 Å². The van der Waals surface area contributed by atoms with E-state index in [1.165, 1.54) is 21.9 Å². The first-order chi connectivity index (χ1) is 15.7. The van der Waals surface area contributed by atoms with Crippen molar-refractivity contribution in [3.05, 3.63) is 100 Å². The molecule has 0 saturated heterocycles. The topological polar surface area (TPSA) is 66.5 Å². The Balaban J connectivity index is 1.59. The first-order valence-corrected chi connectivity index (χ1v) is 13.3. The number of thiophene rings is 1.